The van der Waals surface area contributed by atoms with E-state index in [-0.39, 0.29) is 5.97 Å². The van der Waals surface area contributed by atoms with Gasteiger partial charge < -0.3 is 4.74 Å². The Morgan fingerprint density at radius 3 is 2.85 bits per heavy atom. The molecule has 0 saturated carbocycles. The van der Waals surface area contributed by atoms with Gasteiger partial charge in [-0.15, -0.1) is 0 Å². The molecule has 2 nitrogen and oxygen atoms in total. The van der Waals surface area contributed by atoms with Crippen LogP contribution in [0.3, 0.4) is 0 Å². The van der Waals surface area contributed by atoms with Gasteiger partial charge in [0.15, 0.2) is 0 Å². The molecule has 1 aromatic carbocycles. The highest BCUT2D eigenvalue weighted by Crippen LogP contribution is 2.20. The zero-order valence-electron chi connectivity index (χ0n) is 7.01. The fraction of sp³-hybridized carbons (Fsp3) is 0.125. The van der Waals surface area contributed by atoms with Crippen molar-refractivity contribution < 1.29 is 9.53 Å². The quantitative estimate of drug-likeness (QED) is 0.448. The molecule has 0 aliphatic carbocycles. The molecule has 0 radical (unpaired) electrons. The molecule has 0 atom stereocenters. The lowest BCUT2D eigenvalue weighted by Gasteiger charge is -2.03. The smallest absolute Gasteiger partial charge is 0.338 e. The maximum atomic E-state index is 11.3. The summed E-state index contributed by atoms with van der Waals surface area (Å²) in [6, 6.07) is 5.55. The van der Waals surface area contributed by atoms with E-state index in [2.05, 4.69) is 38.5 Å². The first-order valence-electron chi connectivity index (χ1n) is 3.77. The first kappa shape index (κ1) is 11.2. The predicted molar refractivity (Wildman–Crippen MR) is 67.1 cm³/mol. The maximum absolute atomic E-state index is 11.3. The Kier molecular flexibility index (Phi) is 4.40. The first-order valence-corrected chi connectivity index (χ1v) is 7.06. The number of rotatable bonds is 2. The summed E-state index contributed by atoms with van der Waals surface area (Å²) in [7, 11) is 0.874. The van der Waals surface area contributed by atoms with Gasteiger partial charge in [0.1, 0.15) is 0 Å². The molecule has 13 heavy (non-hydrogen) atoms. The van der Waals surface area contributed by atoms with E-state index < -0.39 is 0 Å². The number of hydrogen-bond acceptors (Lipinski definition) is 2. The van der Waals surface area contributed by atoms with Crippen LogP contribution in [-0.4, -0.2) is 22.4 Å². The summed E-state index contributed by atoms with van der Waals surface area (Å²) in [6.07, 6.45) is 0.539. The van der Waals surface area contributed by atoms with Crippen molar-refractivity contribution in [2.24, 2.45) is 0 Å². The van der Waals surface area contributed by atoms with Crippen molar-refractivity contribution in [1.29, 1.82) is 0 Å². The van der Waals surface area contributed by atoms with E-state index in [1.165, 1.54) is 0 Å². The molecule has 1 aromatic rings. The number of carbonyl (C=O) groups is 1. The second kappa shape index (κ2) is 5.11. The lowest BCUT2D eigenvalue weighted by atomic mass is 10.2. The van der Waals surface area contributed by atoms with Crippen LogP contribution in [-0.2, 0) is 4.74 Å². The van der Waals surface area contributed by atoms with E-state index in [0.717, 1.165) is 18.3 Å². The number of halogens is 2. The van der Waals surface area contributed by atoms with Crippen molar-refractivity contribution in [2.45, 2.75) is 0 Å². The van der Waals surface area contributed by atoms with E-state index in [1.54, 1.807) is 6.07 Å². The van der Waals surface area contributed by atoms with Crippen LogP contribution in [0, 0.1) is 3.57 Å². The topological polar surface area (TPSA) is 26.3 Å². The molecular formula is C8H8BrIO2Si. The van der Waals surface area contributed by atoms with Crippen LogP contribution in [0.4, 0.5) is 0 Å². The highest BCUT2D eigenvalue weighted by molar-refractivity contribution is 14.1. The van der Waals surface area contributed by atoms with Crippen LogP contribution in [0.2, 0.25) is 0 Å². The summed E-state index contributed by atoms with van der Waals surface area (Å²) >= 11 is 5.52. The summed E-state index contributed by atoms with van der Waals surface area (Å²) in [6.45, 7) is 0. The minimum Gasteiger partial charge on any atom is -0.467 e. The Hall–Kier alpha value is 0.117. The van der Waals surface area contributed by atoms with Crippen molar-refractivity contribution in [1.82, 2.24) is 0 Å². The van der Waals surface area contributed by atoms with Crippen LogP contribution < -0.4 is 0 Å². The molecule has 0 saturated heterocycles. The van der Waals surface area contributed by atoms with Crippen molar-refractivity contribution in [2.75, 3.05) is 6.23 Å². The van der Waals surface area contributed by atoms with Crippen molar-refractivity contribution >= 4 is 54.7 Å². The fourth-order valence-corrected chi connectivity index (χ4v) is 2.59. The standard InChI is InChI=1S/C8H8BrIO2Si/c9-7-3-5(10)1-2-6(7)8(11)12-4-13/h1-3H,4H2,13H3. The molecule has 70 valence electrons. The Morgan fingerprint density at radius 1 is 1.62 bits per heavy atom. The molecule has 0 unspecified atom stereocenters. The lowest BCUT2D eigenvalue weighted by Crippen LogP contribution is -2.06. The second-order valence-electron chi connectivity index (χ2n) is 2.34. The Labute approximate surface area is 102 Å². The van der Waals surface area contributed by atoms with Crippen LogP contribution in [0.15, 0.2) is 22.7 Å². The number of esters is 1. The highest BCUT2D eigenvalue weighted by Gasteiger charge is 2.10. The summed E-state index contributed by atoms with van der Waals surface area (Å²) < 4.78 is 6.82. The van der Waals surface area contributed by atoms with Gasteiger partial charge in [0, 0.05) is 8.04 Å². The minimum atomic E-state index is -0.252. The maximum Gasteiger partial charge on any atom is 0.338 e. The van der Waals surface area contributed by atoms with Crippen LogP contribution in [0.1, 0.15) is 10.4 Å². The van der Waals surface area contributed by atoms with Crippen LogP contribution in [0.5, 0.6) is 0 Å². The van der Waals surface area contributed by atoms with Gasteiger partial charge in [-0.05, 0) is 56.7 Å². The largest absolute Gasteiger partial charge is 0.467 e. The highest BCUT2D eigenvalue weighted by atomic mass is 127. The van der Waals surface area contributed by atoms with Crippen LogP contribution >= 0.6 is 38.5 Å². The number of hydrogen-bond donors (Lipinski definition) is 0. The van der Waals surface area contributed by atoms with E-state index >= 15 is 0 Å². The van der Waals surface area contributed by atoms with Crippen molar-refractivity contribution in [3.05, 3.63) is 31.8 Å². The molecule has 0 fully saturated rings. The summed E-state index contributed by atoms with van der Waals surface area (Å²) in [5.41, 5.74) is 0.594. The van der Waals surface area contributed by atoms with E-state index in [9.17, 15) is 4.79 Å². The molecule has 0 amide bonds. The van der Waals surface area contributed by atoms with Gasteiger partial charge >= 0.3 is 5.97 Å². The van der Waals surface area contributed by atoms with Crippen LogP contribution in [0.25, 0.3) is 0 Å². The average Bonchev–Trinajstić information content (AvgIpc) is 2.04. The zero-order valence-corrected chi connectivity index (χ0v) is 12.8. The number of ether oxygens (including phenoxy) is 1. The molecule has 1 rings (SSSR count). The van der Waals surface area contributed by atoms with Gasteiger partial charge in [-0.1, -0.05) is 0 Å². The van der Waals surface area contributed by atoms with Gasteiger partial charge in [-0.3, -0.25) is 0 Å². The van der Waals surface area contributed by atoms with Gasteiger partial charge in [-0.2, -0.15) is 0 Å². The fourth-order valence-electron chi connectivity index (χ4n) is 0.864. The van der Waals surface area contributed by atoms with E-state index in [1.807, 2.05) is 12.1 Å². The molecule has 0 aromatic heterocycles. The number of benzene rings is 1. The molecule has 0 aliphatic heterocycles. The Bertz CT molecular complexity index is 330. The van der Waals surface area contributed by atoms with Gasteiger partial charge in [0.25, 0.3) is 0 Å². The zero-order chi connectivity index (χ0) is 9.84. The molecular weight excluding hydrogens is 363 g/mol. The third-order valence-electron chi connectivity index (χ3n) is 1.43. The Balaban J connectivity index is 2.95. The summed E-state index contributed by atoms with van der Waals surface area (Å²) in [4.78, 5) is 11.3. The number of carbonyl (C=O) groups excluding carboxylic acids is 1. The summed E-state index contributed by atoms with van der Waals surface area (Å²) in [5, 5.41) is 0. The molecule has 0 bridgehead atoms. The lowest BCUT2D eigenvalue weighted by molar-refractivity contribution is 0.0572. The molecule has 0 aliphatic rings. The van der Waals surface area contributed by atoms with Gasteiger partial charge in [0.2, 0.25) is 0 Å². The normalized spacial score (nSPS) is 10.0. The molecule has 5 heteroatoms. The third-order valence-corrected chi connectivity index (χ3v) is 3.04. The van der Waals surface area contributed by atoms with Crippen molar-refractivity contribution in [3.8, 4) is 0 Å². The first-order chi connectivity index (χ1) is 6.15. The molecule has 0 spiro atoms. The average molecular weight is 371 g/mol. The molecule has 0 N–H and O–H groups in total. The van der Waals surface area contributed by atoms with Gasteiger partial charge in [-0.25, -0.2) is 4.79 Å². The Morgan fingerprint density at radius 2 is 2.31 bits per heavy atom. The summed E-state index contributed by atoms with van der Waals surface area (Å²) in [5.74, 6) is -0.252. The monoisotopic (exact) mass is 370 g/mol. The van der Waals surface area contributed by atoms with Crippen molar-refractivity contribution in [3.63, 3.8) is 0 Å². The second-order valence-corrected chi connectivity index (χ2v) is 5.02. The SMILES string of the molecule is O=C(OC[SiH3])c1ccc(I)cc1Br. The predicted octanol–water partition coefficient (Wildman–Crippen LogP) is 1.53. The third kappa shape index (κ3) is 3.06. The van der Waals surface area contributed by atoms with E-state index in [4.69, 9.17) is 4.74 Å². The molecule has 0 heterocycles. The van der Waals surface area contributed by atoms with Gasteiger partial charge in [0.05, 0.1) is 22.0 Å². The minimum absolute atomic E-state index is 0.252. The van der Waals surface area contributed by atoms with E-state index in [0.29, 0.717) is 11.8 Å².